The molecule has 0 atom stereocenters. The summed E-state index contributed by atoms with van der Waals surface area (Å²) in [5, 5.41) is 7.98. The van der Waals surface area contributed by atoms with E-state index in [1.807, 2.05) is 19.2 Å². The fourth-order valence-corrected chi connectivity index (χ4v) is 1.38. The van der Waals surface area contributed by atoms with Crippen LogP contribution in [0.15, 0.2) is 23.0 Å². The summed E-state index contributed by atoms with van der Waals surface area (Å²) in [6.07, 6.45) is 3.52. The Balaban J connectivity index is 1.88. The van der Waals surface area contributed by atoms with Gasteiger partial charge in [-0.05, 0) is 6.92 Å². The second-order valence-corrected chi connectivity index (χ2v) is 3.54. The van der Waals surface area contributed by atoms with E-state index in [4.69, 9.17) is 14.0 Å². The third kappa shape index (κ3) is 3.07. The third-order valence-corrected chi connectivity index (χ3v) is 2.21. The SMILES string of the molecule is CCn1cc(OCc2cc(COC)on2)cn1. The van der Waals surface area contributed by atoms with Crippen LogP contribution in [0, 0.1) is 0 Å². The molecule has 17 heavy (non-hydrogen) atoms. The zero-order chi connectivity index (χ0) is 12.1. The molecule has 2 heterocycles. The molecule has 0 radical (unpaired) electrons. The first kappa shape index (κ1) is 11.7. The standard InChI is InChI=1S/C11H15N3O3/c1-3-14-6-11(5-12-14)16-7-9-4-10(8-15-2)17-13-9/h4-6H,3,7-8H2,1-2H3. The van der Waals surface area contributed by atoms with Crippen molar-refractivity contribution in [3.63, 3.8) is 0 Å². The Bertz CT molecular complexity index is 464. The van der Waals surface area contributed by atoms with Crippen LogP contribution in [0.4, 0.5) is 0 Å². The molecule has 0 fully saturated rings. The van der Waals surface area contributed by atoms with Crippen LogP contribution < -0.4 is 4.74 Å². The van der Waals surface area contributed by atoms with Gasteiger partial charge in [-0.2, -0.15) is 5.10 Å². The van der Waals surface area contributed by atoms with Crippen LogP contribution in [0.2, 0.25) is 0 Å². The van der Waals surface area contributed by atoms with Crippen molar-refractivity contribution in [2.45, 2.75) is 26.7 Å². The molecule has 0 saturated heterocycles. The van der Waals surface area contributed by atoms with Crippen molar-refractivity contribution < 1.29 is 14.0 Å². The maximum absolute atomic E-state index is 5.52. The maximum atomic E-state index is 5.52. The Labute approximate surface area is 99.1 Å². The van der Waals surface area contributed by atoms with Gasteiger partial charge in [0.15, 0.2) is 11.5 Å². The monoisotopic (exact) mass is 237 g/mol. The van der Waals surface area contributed by atoms with E-state index in [-0.39, 0.29) is 0 Å². The van der Waals surface area contributed by atoms with E-state index >= 15 is 0 Å². The first-order valence-corrected chi connectivity index (χ1v) is 5.40. The number of rotatable bonds is 6. The molecule has 6 heteroatoms. The minimum atomic E-state index is 0.364. The molecule has 0 spiro atoms. The van der Waals surface area contributed by atoms with Crippen LogP contribution in [-0.4, -0.2) is 22.0 Å². The summed E-state index contributed by atoms with van der Waals surface area (Å²) in [5.41, 5.74) is 0.737. The molecular weight excluding hydrogens is 222 g/mol. The van der Waals surface area contributed by atoms with Crippen molar-refractivity contribution in [3.05, 3.63) is 29.9 Å². The van der Waals surface area contributed by atoms with Gasteiger partial charge in [0.1, 0.15) is 18.9 Å². The van der Waals surface area contributed by atoms with Gasteiger partial charge in [0.05, 0.1) is 12.4 Å². The van der Waals surface area contributed by atoms with Crippen molar-refractivity contribution in [3.8, 4) is 5.75 Å². The summed E-state index contributed by atoms with van der Waals surface area (Å²) >= 11 is 0. The Morgan fingerprint density at radius 3 is 3.00 bits per heavy atom. The highest BCUT2D eigenvalue weighted by Crippen LogP contribution is 2.12. The van der Waals surface area contributed by atoms with E-state index < -0.39 is 0 Å². The molecule has 0 aromatic carbocycles. The molecule has 0 bridgehead atoms. The first-order chi connectivity index (χ1) is 8.31. The van der Waals surface area contributed by atoms with Gasteiger partial charge in [0.2, 0.25) is 0 Å². The van der Waals surface area contributed by atoms with Crippen molar-refractivity contribution in [1.29, 1.82) is 0 Å². The molecule has 0 aliphatic rings. The third-order valence-electron chi connectivity index (χ3n) is 2.21. The van der Waals surface area contributed by atoms with Gasteiger partial charge in [-0.25, -0.2) is 0 Å². The normalized spacial score (nSPS) is 10.7. The van der Waals surface area contributed by atoms with Crippen molar-refractivity contribution in [1.82, 2.24) is 14.9 Å². The lowest BCUT2D eigenvalue weighted by Gasteiger charge is -1.98. The molecule has 92 valence electrons. The minimum Gasteiger partial charge on any atom is -0.484 e. The topological polar surface area (TPSA) is 62.3 Å². The summed E-state index contributed by atoms with van der Waals surface area (Å²) in [7, 11) is 1.61. The van der Waals surface area contributed by atoms with Crippen LogP contribution in [0.5, 0.6) is 5.75 Å². The number of nitrogens with zero attached hydrogens (tertiary/aromatic N) is 3. The molecule has 0 aliphatic carbocycles. The van der Waals surface area contributed by atoms with Crippen LogP contribution in [0.3, 0.4) is 0 Å². The van der Waals surface area contributed by atoms with Gasteiger partial charge in [-0.3, -0.25) is 4.68 Å². The largest absolute Gasteiger partial charge is 0.484 e. The van der Waals surface area contributed by atoms with E-state index in [1.54, 1.807) is 18.0 Å². The van der Waals surface area contributed by atoms with Gasteiger partial charge in [0, 0.05) is 19.7 Å². The summed E-state index contributed by atoms with van der Waals surface area (Å²) in [4.78, 5) is 0. The fraction of sp³-hybridized carbons (Fsp3) is 0.455. The Morgan fingerprint density at radius 2 is 2.29 bits per heavy atom. The molecule has 6 nitrogen and oxygen atoms in total. The number of hydrogen-bond donors (Lipinski definition) is 0. The lowest BCUT2D eigenvalue weighted by Crippen LogP contribution is -1.95. The average molecular weight is 237 g/mol. The zero-order valence-corrected chi connectivity index (χ0v) is 9.92. The Hall–Kier alpha value is -1.82. The fourth-order valence-electron chi connectivity index (χ4n) is 1.38. The summed E-state index contributed by atoms with van der Waals surface area (Å²) in [5.74, 6) is 1.42. The second-order valence-electron chi connectivity index (χ2n) is 3.54. The van der Waals surface area contributed by atoms with E-state index in [0.717, 1.165) is 18.0 Å². The van der Waals surface area contributed by atoms with Crippen LogP contribution >= 0.6 is 0 Å². The molecule has 2 rings (SSSR count). The molecule has 2 aromatic heterocycles. The Morgan fingerprint density at radius 1 is 1.41 bits per heavy atom. The van der Waals surface area contributed by atoms with Crippen LogP contribution in [-0.2, 0) is 24.5 Å². The predicted molar refractivity (Wildman–Crippen MR) is 59.4 cm³/mol. The molecule has 2 aromatic rings. The van der Waals surface area contributed by atoms with Crippen LogP contribution in [0.1, 0.15) is 18.4 Å². The second kappa shape index (κ2) is 5.49. The molecule has 0 amide bonds. The molecule has 0 saturated carbocycles. The van der Waals surface area contributed by atoms with Crippen LogP contribution in [0.25, 0.3) is 0 Å². The quantitative estimate of drug-likeness (QED) is 0.763. The van der Waals surface area contributed by atoms with Gasteiger partial charge in [-0.15, -0.1) is 0 Å². The highest BCUT2D eigenvalue weighted by atomic mass is 16.5. The maximum Gasteiger partial charge on any atom is 0.162 e. The molecule has 0 aliphatic heterocycles. The van der Waals surface area contributed by atoms with Gasteiger partial charge in [-0.1, -0.05) is 5.16 Å². The van der Waals surface area contributed by atoms with Crippen molar-refractivity contribution >= 4 is 0 Å². The summed E-state index contributed by atoms with van der Waals surface area (Å²) in [6, 6.07) is 1.81. The number of aryl methyl sites for hydroxylation is 1. The lowest BCUT2D eigenvalue weighted by molar-refractivity contribution is 0.155. The molecular formula is C11H15N3O3. The predicted octanol–water partition coefficient (Wildman–Crippen LogP) is 1.62. The smallest absolute Gasteiger partial charge is 0.162 e. The van der Waals surface area contributed by atoms with E-state index in [0.29, 0.717) is 19.0 Å². The van der Waals surface area contributed by atoms with Crippen molar-refractivity contribution in [2.75, 3.05) is 7.11 Å². The number of methoxy groups -OCH3 is 1. The van der Waals surface area contributed by atoms with E-state index in [1.165, 1.54) is 0 Å². The number of ether oxygens (including phenoxy) is 2. The highest BCUT2D eigenvalue weighted by Gasteiger charge is 2.05. The van der Waals surface area contributed by atoms with Gasteiger partial charge >= 0.3 is 0 Å². The van der Waals surface area contributed by atoms with Gasteiger partial charge < -0.3 is 14.0 Å². The lowest BCUT2D eigenvalue weighted by atomic mass is 10.4. The molecule has 0 N–H and O–H groups in total. The molecule has 0 unspecified atom stereocenters. The minimum absolute atomic E-state index is 0.364. The highest BCUT2D eigenvalue weighted by molar-refractivity contribution is 5.13. The number of aromatic nitrogens is 3. The van der Waals surface area contributed by atoms with E-state index in [9.17, 15) is 0 Å². The average Bonchev–Trinajstić information content (AvgIpc) is 2.95. The summed E-state index contributed by atoms with van der Waals surface area (Å²) in [6.45, 7) is 3.63. The Kier molecular flexibility index (Phi) is 3.77. The first-order valence-electron chi connectivity index (χ1n) is 5.40. The summed E-state index contributed by atoms with van der Waals surface area (Å²) < 4.78 is 17.3. The van der Waals surface area contributed by atoms with E-state index in [2.05, 4.69) is 10.3 Å². The van der Waals surface area contributed by atoms with Gasteiger partial charge in [0.25, 0.3) is 0 Å². The van der Waals surface area contributed by atoms with Crippen molar-refractivity contribution in [2.24, 2.45) is 0 Å². The number of hydrogen-bond acceptors (Lipinski definition) is 5. The zero-order valence-electron chi connectivity index (χ0n) is 9.92.